The zero-order valence-corrected chi connectivity index (χ0v) is 12.1. The largest absolute Gasteiger partial charge is 0.481 e. The van der Waals surface area contributed by atoms with E-state index in [4.69, 9.17) is 5.11 Å². The Hall–Kier alpha value is -1.10. The fourth-order valence-corrected chi connectivity index (χ4v) is 3.38. The number of carboxylic acid groups (broad SMARTS) is 1. The average Bonchev–Trinajstić information content (AvgIpc) is 3.06. The van der Waals surface area contributed by atoms with E-state index < -0.39 is 5.97 Å². The monoisotopic (exact) mass is 282 g/mol. The molecule has 2 N–H and O–H groups in total. The summed E-state index contributed by atoms with van der Waals surface area (Å²) in [6, 6.07) is 0.784. The van der Waals surface area contributed by atoms with Gasteiger partial charge in [-0.2, -0.15) is 0 Å². The molecule has 5 heteroatoms. The van der Waals surface area contributed by atoms with Gasteiger partial charge in [-0.3, -0.25) is 9.59 Å². The van der Waals surface area contributed by atoms with Gasteiger partial charge < -0.3 is 15.3 Å². The highest BCUT2D eigenvalue weighted by molar-refractivity contribution is 5.76. The van der Waals surface area contributed by atoms with Crippen LogP contribution in [0.4, 0.5) is 0 Å². The van der Waals surface area contributed by atoms with Crippen molar-refractivity contribution in [3.8, 4) is 0 Å². The molecule has 114 valence electrons. The molecule has 2 aliphatic rings. The summed E-state index contributed by atoms with van der Waals surface area (Å²) in [4.78, 5) is 24.6. The van der Waals surface area contributed by atoms with Crippen molar-refractivity contribution in [1.82, 2.24) is 10.2 Å². The number of carbonyl (C=O) groups excluding carboxylic acids is 1. The number of carbonyl (C=O) groups is 2. The Labute approximate surface area is 120 Å². The molecule has 5 nitrogen and oxygen atoms in total. The molecular weight excluding hydrogens is 256 g/mol. The van der Waals surface area contributed by atoms with Crippen molar-refractivity contribution in [2.75, 3.05) is 19.6 Å². The normalized spacial score (nSPS) is 24.1. The highest BCUT2D eigenvalue weighted by Gasteiger charge is 2.29. The Bertz CT molecular complexity index is 340. The third kappa shape index (κ3) is 4.78. The number of amides is 1. The molecule has 1 heterocycles. The van der Waals surface area contributed by atoms with Crippen molar-refractivity contribution in [3.63, 3.8) is 0 Å². The molecule has 1 aliphatic carbocycles. The van der Waals surface area contributed by atoms with Gasteiger partial charge in [-0.25, -0.2) is 0 Å². The number of hydrogen-bond donors (Lipinski definition) is 2. The first-order chi connectivity index (χ1) is 9.65. The molecule has 1 amide bonds. The third-order valence-electron chi connectivity index (χ3n) is 4.54. The second-order valence-electron chi connectivity index (χ2n) is 6.14. The summed E-state index contributed by atoms with van der Waals surface area (Å²) >= 11 is 0. The standard InChI is InChI=1S/C15H26N2O3/c18-14(6-3-7-15(19)20)16-10-12-8-9-17(11-12)13-4-1-2-5-13/h12-13H,1-11H2,(H,16,18)(H,19,20). The molecule has 0 aromatic carbocycles. The smallest absolute Gasteiger partial charge is 0.303 e. The maximum Gasteiger partial charge on any atom is 0.303 e. The second-order valence-corrected chi connectivity index (χ2v) is 6.14. The van der Waals surface area contributed by atoms with Gasteiger partial charge in [-0.1, -0.05) is 12.8 Å². The topological polar surface area (TPSA) is 69.6 Å². The summed E-state index contributed by atoms with van der Waals surface area (Å²) in [5.41, 5.74) is 0. The number of rotatable bonds is 7. The summed E-state index contributed by atoms with van der Waals surface area (Å²) < 4.78 is 0. The minimum absolute atomic E-state index is 0.00873. The van der Waals surface area contributed by atoms with Gasteiger partial charge in [0.1, 0.15) is 0 Å². The van der Waals surface area contributed by atoms with E-state index >= 15 is 0 Å². The number of hydrogen-bond acceptors (Lipinski definition) is 3. The van der Waals surface area contributed by atoms with Crippen molar-refractivity contribution in [2.24, 2.45) is 5.92 Å². The molecule has 0 aromatic heterocycles. The van der Waals surface area contributed by atoms with Crippen LogP contribution in [-0.2, 0) is 9.59 Å². The van der Waals surface area contributed by atoms with Crippen molar-refractivity contribution in [1.29, 1.82) is 0 Å². The Morgan fingerprint density at radius 1 is 1.15 bits per heavy atom. The average molecular weight is 282 g/mol. The Morgan fingerprint density at radius 2 is 1.90 bits per heavy atom. The van der Waals surface area contributed by atoms with Crippen LogP contribution in [-0.4, -0.2) is 47.6 Å². The van der Waals surface area contributed by atoms with Crippen LogP contribution in [0.25, 0.3) is 0 Å². The van der Waals surface area contributed by atoms with Gasteiger partial charge in [-0.15, -0.1) is 0 Å². The first kappa shape index (κ1) is 15.3. The summed E-state index contributed by atoms with van der Waals surface area (Å²) in [6.45, 7) is 3.03. The lowest BCUT2D eigenvalue weighted by Gasteiger charge is -2.23. The molecule has 20 heavy (non-hydrogen) atoms. The molecule has 0 spiro atoms. The zero-order valence-electron chi connectivity index (χ0n) is 12.1. The molecule has 1 saturated heterocycles. The maximum absolute atomic E-state index is 11.6. The lowest BCUT2D eigenvalue weighted by molar-refractivity contribution is -0.137. The van der Waals surface area contributed by atoms with E-state index in [0.717, 1.165) is 19.1 Å². The maximum atomic E-state index is 11.6. The van der Waals surface area contributed by atoms with Crippen LogP contribution in [0.5, 0.6) is 0 Å². The summed E-state index contributed by atoms with van der Waals surface area (Å²) in [5.74, 6) is -0.273. The molecule has 0 radical (unpaired) electrons. The molecule has 2 rings (SSSR count). The highest BCUT2D eigenvalue weighted by atomic mass is 16.4. The van der Waals surface area contributed by atoms with Crippen LogP contribution in [0.15, 0.2) is 0 Å². The lowest BCUT2D eigenvalue weighted by Crippen LogP contribution is -2.34. The van der Waals surface area contributed by atoms with Crippen LogP contribution in [0.2, 0.25) is 0 Å². The van der Waals surface area contributed by atoms with E-state index in [1.165, 1.54) is 38.6 Å². The summed E-state index contributed by atoms with van der Waals surface area (Å²) in [5, 5.41) is 11.5. The van der Waals surface area contributed by atoms with Crippen molar-refractivity contribution >= 4 is 11.9 Å². The van der Waals surface area contributed by atoms with E-state index in [2.05, 4.69) is 10.2 Å². The molecule has 1 saturated carbocycles. The quantitative estimate of drug-likeness (QED) is 0.744. The third-order valence-corrected chi connectivity index (χ3v) is 4.54. The minimum atomic E-state index is -0.833. The van der Waals surface area contributed by atoms with E-state index in [0.29, 0.717) is 18.8 Å². The van der Waals surface area contributed by atoms with Crippen LogP contribution in [0, 0.1) is 5.92 Å². The van der Waals surface area contributed by atoms with Crippen LogP contribution >= 0.6 is 0 Å². The molecule has 1 unspecified atom stereocenters. The highest BCUT2D eigenvalue weighted by Crippen LogP contribution is 2.28. The first-order valence-electron chi connectivity index (χ1n) is 7.87. The Balaban J connectivity index is 1.58. The van der Waals surface area contributed by atoms with Gasteiger partial charge in [0, 0.05) is 32.0 Å². The Kier molecular flexibility index (Phi) is 5.83. The molecule has 1 atom stereocenters. The lowest BCUT2D eigenvalue weighted by atomic mass is 10.1. The number of aliphatic carboxylic acids is 1. The van der Waals surface area contributed by atoms with Gasteiger partial charge in [0.15, 0.2) is 0 Å². The van der Waals surface area contributed by atoms with Gasteiger partial charge in [-0.05, 0) is 38.1 Å². The van der Waals surface area contributed by atoms with Crippen LogP contribution < -0.4 is 5.32 Å². The van der Waals surface area contributed by atoms with E-state index in [1.54, 1.807) is 0 Å². The molecule has 0 bridgehead atoms. The van der Waals surface area contributed by atoms with Gasteiger partial charge in [0.05, 0.1) is 0 Å². The second kappa shape index (κ2) is 7.62. The van der Waals surface area contributed by atoms with Crippen LogP contribution in [0.3, 0.4) is 0 Å². The van der Waals surface area contributed by atoms with Gasteiger partial charge in [0.25, 0.3) is 0 Å². The first-order valence-corrected chi connectivity index (χ1v) is 7.87. The fraction of sp³-hybridized carbons (Fsp3) is 0.867. The molecular formula is C15H26N2O3. The zero-order chi connectivity index (χ0) is 14.4. The molecule has 2 fully saturated rings. The predicted molar refractivity (Wildman–Crippen MR) is 76.4 cm³/mol. The number of nitrogens with one attached hydrogen (secondary N) is 1. The van der Waals surface area contributed by atoms with E-state index in [-0.39, 0.29) is 12.3 Å². The molecule has 1 aliphatic heterocycles. The van der Waals surface area contributed by atoms with Gasteiger partial charge >= 0.3 is 5.97 Å². The van der Waals surface area contributed by atoms with Crippen molar-refractivity contribution in [2.45, 2.75) is 57.4 Å². The fourth-order valence-electron chi connectivity index (χ4n) is 3.38. The van der Waals surface area contributed by atoms with Crippen LogP contribution in [0.1, 0.15) is 51.4 Å². The number of likely N-dealkylation sites (tertiary alicyclic amines) is 1. The SMILES string of the molecule is O=C(O)CCCC(=O)NCC1CCN(C2CCCC2)C1. The Morgan fingerprint density at radius 3 is 2.60 bits per heavy atom. The van der Waals surface area contributed by atoms with Gasteiger partial charge in [0.2, 0.25) is 5.91 Å². The number of nitrogens with zero attached hydrogens (tertiary/aromatic N) is 1. The summed E-state index contributed by atoms with van der Waals surface area (Å²) in [6.07, 6.45) is 7.42. The number of carboxylic acids is 1. The van der Waals surface area contributed by atoms with E-state index in [9.17, 15) is 9.59 Å². The van der Waals surface area contributed by atoms with E-state index in [1.807, 2.05) is 0 Å². The predicted octanol–water partition coefficient (Wildman–Crippen LogP) is 1.62. The van der Waals surface area contributed by atoms with Crippen molar-refractivity contribution in [3.05, 3.63) is 0 Å². The minimum Gasteiger partial charge on any atom is -0.481 e. The van der Waals surface area contributed by atoms with Crippen molar-refractivity contribution < 1.29 is 14.7 Å². The molecule has 0 aromatic rings. The summed E-state index contributed by atoms with van der Waals surface area (Å²) in [7, 11) is 0.